The SMILES string of the molecule is NCc1cccn2c(Cl)c(C3CC3)nc12. The van der Waals surface area contributed by atoms with Gasteiger partial charge in [0, 0.05) is 24.2 Å². The molecule has 2 N–H and O–H groups in total. The third-order valence-electron chi connectivity index (χ3n) is 2.88. The number of rotatable bonds is 2. The maximum atomic E-state index is 6.28. The number of hydrogen-bond donors (Lipinski definition) is 1. The minimum Gasteiger partial charge on any atom is -0.326 e. The summed E-state index contributed by atoms with van der Waals surface area (Å²) < 4.78 is 1.93. The number of nitrogens with two attached hydrogens (primary N) is 1. The lowest BCUT2D eigenvalue weighted by Gasteiger charge is -1.99. The van der Waals surface area contributed by atoms with Gasteiger partial charge < -0.3 is 5.73 Å². The van der Waals surface area contributed by atoms with Gasteiger partial charge in [0.2, 0.25) is 0 Å². The van der Waals surface area contributed by atoms with Gasteiger partial charge in [-0.3, -0.25) is 4.40 Å². The van der Waals surface area contributed by atoms with Gasteiger partial charge in [-0.25, -0.2) is 4.98 Å². The zero-order chi connectivity index (χ0) is 10.4. The Hall–Kier alpha value is -1.06. The summed E-state index contributed by atoms with van der Waals surface area (Å²) >= 11 is 6.28. The van der Waals surface area contributed by atoms with Crippen molar-refractivity contribution >= 4 is 17.2 Å². The Morgan fingerprint density at radius 2 is 2.33 bits per heavy atom. The fourth-order valence-electron chi connectivity index (χ4n) is 1.89. The minimum absolute atomic E-state index is 0.502. The zero-order valence-corrected chi connectivity index (χ0v) is 9.04. The van der Waals surface area contributed by atoms with Gasteiger partial charge in [0.25, 0.3) is 0 Å². The molecule has 3 rings (SSSR count). The molecule has 0 aromatic carbocycles. The Morgan fingerprint density at radius 1 is 1.53 bits per heavy atom. The van der Waals surface area contributed by atoms with Crippen LogP contribution >= 0.6 is 11.6 Å². The summed E-state index contributed by atoms with van der Waals surface area (Å²) in [6.45, 7) is 0.502. The monoisotopic (exact) mass is 221 g/mol. The van der Waals surface area contributed by atoms with Gasteiger partial charge in [0.15, 0.2) is 0 Å². The Kier molecular flexibility index (Phi) is 1.97. The molecule has 3 nitrogen and oxygen atoms in total. The van der Waals surface area contributed by atoms with Crippen molar-refractivity contribution in [3.05, 3.63) is 34.7 Å². The zero-order valence-electron chi connectivity index (χ0n) is 8.28. The van der Waals surface area contributed by atoms with Crippen molar-refractivity contribution in [3.8, 4) is 0 Å². The fourth-order valence-corrected chi connectivity index (χ4v) is 2.22. The van der Waals surface area contributed by atoms with E-state index in [2.05, 4.69) is 4.98 Å². The molecule has 15 heavy (non-hydrogen) atoms. The molecule has 1 saturated carbocycles. The smallest absolute Gasteiger partial charge is 0.142 e. The molecule has 0 amide bonds. The Labute approximate surface area is 92.9 Å². The molecule has 0 unspecified atom stereocenters. The van der Waals surface area contributed by atoms with Gasteiger partial charge in [0.05, 0.1) is 5.69 Å². The molecule has 2 aromatic heterocycles. The Bertz CT molecular complexity index is 514. The molecular weight excluding hydrogens is 210 g/mol. The lowest BCUT2D eigenvalue weighted by atomic mass is 10.3. The van der Waals surface area contributed by atoms with E-state index < -0.39 is 0 Å². The van der Waals surface area contributed by atoms with E-state index in [0.29, 0.717) is 12.5 Å². The van der Waals surface area contributed by atoms with Crippen molar-refractivity contribution in [3.63, 3.8) is 0 Å². The number of fused-ring (bicyclic) bond motifs is 1. The van der Waals surface area contributed by atoms with Gasteiger partial charge in [0.1, 0.15) is 10.8 Å². The Balaban J connectivity index is 2.28. The van der Waals surface area contributed by atoms with E-state index in [9.17, 15) is 0 Å². The number of imidazole rings is 1. The molecule has 0 radical (unpaired) electrons. The standard InChI is InChI=1S/C11H12ClN3/c12-10-9(7-3-4-7)14-11-8(6-13)2-1-5-15(10)11/h1-2,5,7H,3-4,6,13H2. The first kappa shape index (κ1) is 9.19. The highest BCUT2D eigenvalue weighted by atomic mass is 35.5. The van der Waals surface area contributed by atoms with Crippen molar-refractivity contribution in [2.45, 2.75) is 25.3 Å². The van der Waals surface area contributed by atoms with E-state index in [1.54, 1.807) is 0 Å². The molecule has 1 fully saturated rings. The summed E-state index contributed by atoms with van der Waals surface area (Å²) in [5.74, 6) is 0.572. The van der Waals surface area contributed by atoms with Crippen LogP contribution in [0.25, 0.3) is 5.65 Å². The minimum atomic E-state index is 0.502. The van der Waals surface area contributed by atoms with E-state index in [0.717, 1.165) is 22.1 Å². The number of pyridine rings is 1. The highest BCUT2D eigenvalue weighted by Gasteiger charge is 2.29. The number of hydrogen-bond acceptors (Lipinski definition) is 2. The molecule has 1 aliphatic carbocycles. The summed E-state index contributed by atoms with van der Waals surface area (Å²) in [5, 5.41) is 0.753. The van der Waals surface area contributed by atoms with Gasteiger partial charge in [-0.2, -0.15) is 0 Å². The Morgan fingerprint density at radius 3 is 3.00 bits per heavy atom. The molecule has 0 atom stereocenters. The summed E-state index contributed by atoms with van der Waals surface area (Å²) in [7, 11) is 0. The molecule has 0 aliphatic heterocycles. The quantitative estimate of drug-likeness (QED) is 0.846. The summed E-state index contributed by atoms with van der Waals surface area (Å²) in [4.78, 5) is 4.60. The second kappa shape index (κ2) is 3.22. The fraction of sp³-hybridized carbons (Fsp3) is 0.364. The first-order chi connectivity index (χ1) is 7.31. The number of nitrogens with zero attached hydrogens (tertiary/aromatic N) is 2. The molecule has 0 spiro atoms. The third-order valence-corrected chi connectivity index (χ3v) is 3.26. The molecule has 4 heteroatoms. The molecular formula is C11H12ClN3. The largest absolute Gasteiger partial charge is 0.326 e. The maximum absolute atomic E-state index is 6.28. The van der Waals surface area contributed by atoms with Crippen LogP contribution in [-0.2, 0) is 6.54 Å². The van der Waals surface area contributed by atoms with E-state index in [1.807, 2.05) is 22.7 Å². The van der Waals surface area contributed by atoms with Crippen LogP contribution in [-0.4, -0.2) is 9.38 Å². The summed E-state index contributed by atoms with van der Waals surface area (Å²) in [6, 6.07) is 3.95. The first-order valence-corrected chi connectivity index (χ1v) is 5.54. The second-order valence-electron chi connectivity index (χ2n) is 3.99. The maximum Gasteiger partial charge on any atom is 0.142 e. The highest BCUT2D eigenvalue weighted by molar-refractivity contribution is 6.30. The molecule has 0 saturated heterocycles. The topological polar surface area (TPSA) is 43.3 Å². The van der Waals surface area contributed by atoms with Crippen molar-refractivity contribution in [1.29, 1.82) is 0 Å². The lowest BCUT2D eigenvalue weighted by Crippen LogP contribution is -1.99. The third kappa shape index (κ3) is 1.34. The predicted molar refractivity (Wildman–Crippen MR) is 60.1 cm³/mol. The lowest BCUT2D eigenvalue weighted by molar-refractivity contribution is 1.04. The average molecular weight is 222 g/mol. The number of halogens is 1. The second-order valence-corrected chi connectivity index (χ2v) is 4.35. The van der Waals surface area contributed by atoms with Crippen LogP contribution in [0.1, 0.15) is 30.0 Å². The van der Waals surface area contributed by atoms with Crippen molar-refractivity contribution in [1.82, 2.24) is 9.38 Å². The number of aromatic nitrogens is 2. The normalized spacial score (nSPS) is 16.1. The van der Waals surface area contributed by atoms with Crippen molar-refractivity contribution < 1.29 is 0 Å². The van der Waals surface area contributed by atoms with Gasteiger partial charge >= 0.3 is 0 Å². The van der Waals surface area contributed by atoms with Crippen LogP contribution < -0.4 is 5.73 Å². The van der Waals surface area contributed by atoms with E-state index in [4.69, 9.17) is 17.3 Å². The van der Waals surface area contributed by atoms with Crippen LogP contribution in [0.3, 0.4) is 0 Å². The molecule has 2 aromatic rings. The summed E-state index contributed by atoms with van der Waals surface area (Å²) in [6.07, 6.45) is 4.36. The van der Waals surface area contributed by atoms with Crippen LogP contribution in [0.2, 0.25) is 5.15 Å². The molecule has 0 bridgehead atoms. The predicted octanol–water partition coefficient (Wildman–Crippen LogP) is 2.32. The molecule has 1 aliphatic rings. The van der Waals surface area contributed by atoms with Gasteiger partial charge in [-0.1, -0.05) is 17.7 Å². The highest BCUT2D eigenvalue weighted by Crippen LogP contribution is 2.42. The molecule has 2 heterocycles. The van der Waals surface area contributed by atoms with E-state index in [1.165, 1.54) is 12.8 Å². The van der Waals surface area contributed by atoms with Crippen LogP contribution in [0.4, 0.5) is 0 Å². The van der Waals surface area contributed by atoms with Gasteiger partial charge in [-0.05, 0) is 18.9 Å². The van der Waals surface area contributed by atoms with Crippen LogP contribution in [0, 0.1) is 0 Å². The van der Waals surface area contributed by atoms with Crippen LogP contribution in [0.15, 0.2) is 18.3 Å². The van der Waals surface area contributed by atoms with Crippen LogP contribution in [0.5, 0.6) is 0 Å². The van der Waals surface area contributed by atoms with E-state index in [-0.39, 0.29) is 0 Å². The average Bonchev–Trinajstić information content (AvgIpc) is 3.04. The van der Waals surface area contributed by atoms with E-state index >= 15 is 0 Å². The molecule has 78 valence electrons. The summed E-state index contributed by atoms with van der Waals surface area (Å²) in [5.41, 5.74) is 8.67. The van der Waals surface area contributed by atoms with Gasteiger partial charge in [-0.15, -0.1) is 0 Å². The van der Waals surface area contributed by atoms with Crippen molar-refractivity contribution in [2.24, 2.45) is 5.73 Å². The first-order valence-electron chi connectivity index (χ1n) is 5.16. The van der Waals surface area contributed by atoms with Crippen molar-refractivity contribution in [2.75, 3.05) is 0 Å².